The number of rotatable bonds is 4. The van der Waals surface area contributed by atoms with Crippen molar-refractivity contribution in [1.29, 1.82) is 0 Å². The van der Waals surface area contributed by atoms with Gasteiger partial charge in [-0.25, -0.2) is 0 Å². The summed E-state index contributed by atoms with van der Waals surface area (Å²) in [6.07, 6.45) is 1.82. The van der Waals surface area contributed by atoms with E-state index in [1.54, 1.807) is 11.3 Å². The molecule has 4 heteroatoms. The second kappa shape index (κ2) is 5.68. The highest BCUT2D eigenvalue weighted by atomic mass is 35.5. The van der Waals surface area contributed by atoms with Crippen molar-refractivity contribution in [2.75, 3.05) is 0 Å². The summed E-state index contributed by atoms with van der Waals surface area (Å²) in [5.74, 6) is 0. The molecule has 1 heterocycles. The average molecular weight is 251 g/mol. The average Bonchev–Trinajstić information content (AvgIpc) is 2.80. The fourth-order valence-corrected chi connectivity index (χ4v) is 1.92. The Morgan fingerprint density at radius 2 is 2.06 bits per heavy atom. The van der Waals surface area contributed by atoms with Crippen LogP contribution in [0, 0.1) is 0 Å². The van der Waals surface area contributed by atoms with Gasteiger partial charge in [0.05, 0.1) is 12.8 Å². The molecule has 2 rings (SSSR count). The van der Waals surface area contributed by atoms with E-state index in [0.29, 0.717) is 6.54 Å². The lowest BCUT2D eigenvalue weighted by Gasteiger charge is -2.00. The van der Waals surface area contributed by atoms with Crippen LogP contribution in [0.5, 0.6) is 0 Å². The molecule has 1 aromatic heterocycles. The minimum absolute atomic E-state index is 0.707. The number of nitrogens with one attached hydrogen (secondary N) is 1. The highest BCUT2D eigenvalue weighted by Gasteiger charge is 1.91. The molecule has 2 nitrogen and oxygen atoms in total. The predicted molar refractivity (Wildman–Crippen MR) is 70.2 cm³/mol. The summed E-state index contributed by atoms with van der Waals surface area (Å²) in [6.45, 7) is 0.707. The third-order valence-electron chi connectivity index (χ3n) is 2.02. The molecule has 0 atom stereocenters. The standard InChI is InChI=1S/C12H11ClN2S/c13-11-5-3-10(4-6-11)8-14-15-9-12-2-1-7-16-12/h1-7,9,14H,8H2/b15-9-. The first-order valence-corrected chi connectivity index (χ1v) is 6.14. The van der Waals surface area contributed by atoms with Crippen molar-refractivity contribution in [1.82, 2.24) is 5.43 Å². The van der Waals surface area contributed by atoms with Crippen LogP contribution in [0.2, 0.25) is 5.02 Å². The van der Waals surface area contributed by atoms with Crippen LogP contribution in [0.25, 0.3) is 0 Å². The maximum atomic E-state index is 5.79. The number of thiophene rings is 1. The van der Waals surface area contributed by atoms with Crippen molar-refractivity contribution < 1.29 is 0 Å². The predicted octanol–water partition coefficient (Wildman–Crippen LogP) is 3.53. The molecule has 0 unspecified atom stereocenters. The highest BCUT2D eigenvalue weighted by molar-refractivity contribution is 7.11. The fraction of sp³-hybridized carbons (Fsp3) is 0.0833. The summed E-state index contributed by atoms with van der Waals surface area (Å²) in [5, 5.41) is 6.92. The van der Waals surface area contributed by atoms with Crippen LogP contribution in [0.4, 0.5) is 0 Å². The molecule has 0 fully saturated rings. The summed E-state index contributed by atoms with van der Waals surface area (Å²) in [7, 11) is 0. The monoisotopic (exact) mass is 250 g/mol. The molecule has 0 aliphatic heterocycles. The van der Waals surface area contributed by atoms with Gasteiger partial charge in [-0.15, -0.1) is 11.3 Å². The van der Waals surface area contributed by atoms with Crippen LogP contribution in [0.3, 0.4) is 0 Å². The minimum Gasteiger partial charge on any atom is -0.306 e. The van der Waals surface area contributed by atoms with Crippen LogP contribution < -0.4 is 5.43 Å². The van der Waals surface area contributed by atoms with Gasteiger partial charge in [0.25, 0.3) is 0 Å². The number of hydrogen-bond donors (Lipinski definition) is 1. The summed E-state index contributed by atoms with van der Waals surface area (Å²) < 4.78 is 0. The SMILES string of the molecule is Clc1ccc(CN/N=C\c2cccs2)cc1. The molecule has 1 aromatic carbocycles. The van der Waals surface area contributed by atoms with Gasteiger partial charge in [0.2, 0.25) is 0 Å². The Bertz CT molecular complexity index is 448. The van der Waals surface area contributed by atoms with Crippen molar-refractivity contribution in [3.8, 4) is 0 Å². The first-order chi connectivity index (χ1) is 7.84. The van der Waals surface area contributed by atoms with E-state index in [1.165, 1.54) is 0 Å². The Kier molecular flexibility index (Phi) is 3.97. The van der Waals surface area contributed by atoms with E-state index in [2.05, 4.69) is 10.5 Å². The van der Waals surface area contributed by atoms with Crippen LogP contribution >= 0.6 is 22.9 Å². The Labute approximate surface area is 104 Å². The number of hydrogen-bond acceptors (Lipinski definition) is 3. The molecule has 16 heavy (non-hydrogen) atoms. The van der Waals surface area contributed by atoms with Gasteiger partial charge in [-0.2, -0.15) is 5.10 Å². The van der Waals surface area contributed by atoms with Crippen LogP contribution in [-0.4, -0.2) is 6.21 Å². The lowest BCUT2D eigenvalue weighted by Crippen LogP contribution is -2.04. The van der Waals surface area contributed by atoms with Gasteiger partial charge in [-0.1, -0.05) is 29.8 Å². The van der Waals surface area contributed by atoms with Crippen molar-refractivity contribution >= 4 is 29.2 Å². The molecule has 0 amide bonds. The van der Waals surface area contributed by atoms with Crippen molar-refractivity contribution in [3.63, 3.8) is 0 Å². The van der Waals surface area contributed by atoms with Gasteiger partial charge < -0.3 is 5.43 Å². The number of hydrazone groups is 1. The summed E-state index contributed by atoms with van der Waals surface area (Å²) >= 11 is 7.46. The molecular weight excluding hydrogens is 240 g/mol. The Morgan fingerprint density at radius 1 is 1.25 bits per heavy atom. The van der Waals surface area contributed by atoms with E-state index < -0.39 is 0 Å². The molecule has 0 saturated heterocycles. The minimum atomic E-state index is 0.707. The topological polar surface area (TPSA) is 24.4 Å². The zero-order valence-electron chi connectivity index (χ0n) is 8.56. The number of nitrogens with zero attached hydrogens (tertiary/aromatic N) is 1. The highest BCUT2D eigenvalue weighted by Crippen LogP contribution is 2.09. The molecule has 0 saturated carbocycles. The molecule has 82 valence electrons. The molecule has 0 aliphatic rings. The largest absolute Gasteiger partial charge is 0.306 e. The van der Waals surface area contributed by atoms with Crippen molar-refractivity contribution in [2.24, 2.45) is 5.10 Å². The lowest BCUT2D eigenvalue weighted by molar-refractivity contribution is 0.748. The second-order valence-corrected chi connectivity index (χ2v) is 4.65. The first-order valence-electron chi connectivity index (χ1n) is 4.88. The van der Waals surface area contributed by atoms with Gasteiger partial charge in [-0.3, -0.25) is 0 Å². The lowest BCUT2D eigenvalue weighted by atomic mass is 10.2. The van der Waals surface area contributed by atoms with Crippen molar-refractivity contribution in [2.45, 2.75) is 6.54 Å². The van der Waals surface area contributed by atoms with Gasteiger partial charge in [0.1, 0.15) is 0 Å². The molecule has 0 bridgehead atoms. The van der Waals surface area contributed by atoms with Crippen molar-refractivity contribution in [3.05, 3.63) is 57.2 Å². The summed E-state index contributed by atoms with van der Waals surface area (Å²) in [6, 6.07) is 11.7. The van der Waals surface area contributed by atoms with Gasteiger partial charge in [0, 0.05) is 9.90 Å². The number of benzene rings is 1. The molecule has 0 aliphatic carbocycles. The van der Waals surface area contributed by atoms with E-state index in [1.807, 2.05) is 48.0 Å². The number of halogens is 1. The van der Waals surface area contributed by atoms with Crippen LogP contribution in [-0.2, 0) is 6.54 Å². The van der Waals surface area contributed by atoms with E-state index >= 15 is 0 Å². The zero-order valence-corrected chi connectivity index (χ0v) is 10.1. The van der Waals surface area contributed by atoms with Gasteiger partial charge in [-0.05, 0) is 29.1 Å². The van der Waals surface area contributed by atoms with E-state index in [9.17, 15) is 0 Å². The molecule has 2 aromatic rings. The first kappa shape index (κ1) is 11.2. The molecule has 0 spiro atoms. The Morgan fingerprint density at radius 3 is 2.75 bits per heavy atom. The fourth-order valence-electron chi connectivity index (χ4n) is 1.21. The van der Waals surface area contributed by atoms with E-state index in [0.717, 1.165) is 15.5 Å². The smallest absolute Gasteiger partial charge is 0.0640 e. The third-order valence-corrected chi connectivity index (χ3v) is 3.08. The van der Waals surface area contributed by atoms with Gasteiger partial charge in [0.15, 0.2) is 0 Å². The maximum Gasteiger partial charge on any atom is 0.0640 e. The zero-order chi connectivity index (χ0) is 11.2. The normalized spacial score (nSPS) is 10.8. The molecule has 1 N–H and O–H groups in total. The van der Waals surface area contributed by atoms with Crippen LogP contribution in [0.15, 0.2) is 46.9 Å². The maximum absolute atomic E-state index is 5.79. The summed E-state index contributed by atoms with van der Waals surface area (Å²) in [5.41, 5.74) is 4.15. The van der Waals surface area contributed by atoms with E-state index in [-0.39, 0.29) is 0 Å². The van der Waals surface area contributed by atoms with Gasteiger partial charge >= 0.3 is 0 Å². The quantitative estimate of drug-likeness (QED) is 0.652. The molecular formula is C12H11ClN2S. The third kappa shape index (κ3) is 3.36. The Balaban J connectivity index is 1.82. The second-order valence-electron chi connectivity index (χ2n) is 3.23. The Hall–Kier alpha value is -1.32. The van der Waals surface area contributed by atoms with E-state index in [4.69, 9.17) is 11.6 Å². The van der Waals surface area contributed by atoms with Crippen LogP contribution in [0.1, 0.15) is 10.4 Å². The molecule has 0 radical (unpaired) electrons. The summed E-state index contributed by atoms with van der Waals surface area (Å²) in [4.78, 5) is 1.14.